The first-order valence-electron chi connectivity index (χ1n) is 10.1. The Balaban J connectivity index is 0.00000249. The summed E-state index contributed by atoms with van der Waals surface area (Å²) in [6, 6.07) is 7.01. The van der Waals surface area contributed by atoms with Crippen molar-refractivity contribution in [2.24, 2.45) is 5.16 Å². The molecule has 176 valence electrons. The molecule has 0 fully saturated rings. The first-order valence-corrected chi connectivity index (χ1v) is 10.1. The molecule has 0 aliphatic carbocycles. The van der Waals surface area contributed by atoms with Gasteiger partial charge in [0.05, 0.1) is 0 Å². The molecule has 0 N–H and O–H groups in total. The Morgan fingerprint density at radius 1 is 1.03 bits per heavy atom. The maximum absolute atomic E-state index is 14.3. The second kappa shape index (κ2) is 12.7. The Labute approximate surface area is 186 Å². The zero-order valence-electron chi connectivity index (χ0n) is 19.1. The number of benzene rings is 2. The van der Waals surface area contributed by atoms with E-state index >= 15 is 0 Å². The van der Waals surface area contributed by atoms with Crippen molar-refractivity contribution in [3.63, 3.8) is 0 Å². The minimum absolute atomic E-state index is 0.0135. The van der Waals surface area contributed by atoms with E-state index in [0.717, 1.165) is 30.4 Å². The van der Waals surface area contributed by atoms with Crippen LogP contribution in [0.4, 0.5) is 17.6 Å². The third kappa shape index (κ3) is 7.59. The summed E-state index contributed by atoms with van der Waals surface area (Å²) >= 11 is 0. The zero-order chi connectivity index (χ0) is 24.3. The van der Waals surface area contributed by atoms with Crippen LogP contribution in [0.3, 0.4) is 0 Å². The third-order valence-corrected chi connectivity index (χ3v) is 4.14. The van der Waals surface area contributed by atoms with E-state index in [1.165, 1.54) is 6.07 Å². The molecule has 8 heteroatoms. The molecule has 0 aromatic heterocycles. The quantitative estimate of drug-likeness (QED) is 0.188. The Kier molecular flexibility index (Phi) is 10.7. The number of alkyl halides is 3. The van der Waals surface area contributed by atoms with Crippen LogP contribution in [-0.2, 0) is 11.4 Å². The van der Waals surface area contributed by atoms with Gasteiger partial charge in [-0.1, -0.05) is 37.2 Å². The summed E-state index contributed by atoms with van der Waals surface area (Å²) < 4.78 is 64.9. The van der Waals surface area contributed by atoms with Gasteiger partial charge in [-0.2, -0.15) is 13.2 Å². The highest BCUT2D eigenvalue weighted by Gasteiger charge is 2.39. The van der Waals surface area contributed by atoms with E-state index in [0.29, 0.717) is 23.7 Å². The molecule has 0 saturated carbocycles. The van der Waals surface area contributed by atoms with Crippen LogP contribution in [0.15, 0.2) is 47.6 Å². The lowest BCUT2D eigenvalue weighted by Crippen LogP contribution is -2.25. The van der Waals surface area contributed by atoms with Crippen LogP contribution in [0.25, 0.3) is 0 Å². The summed E-state index contributed by atoms with van der Waals surface area (Å²) in [6.07, 6.45) is -1.07. The normalized spacial score (nSPS) is 11.8. The lowest BCUT2D eigenvalue weighted by Gasteiger charge is -2.15. The summed E-state index contributed by atoms with van der Waals surface area (Å²) in [6.45, 7) is 10.0. The Hall–Kier alpha value is -3.03. The summed E-state index contributed by atoms with van der Waals surface area (Å²) in [5, 5.41) is 2.91. The molecular formula is C24H29F4NO3. The van der Waals surface area contributed by atoms with Gasteiger partial charge in [0.15, 0.2) is 5.71 Å². The Morgan fingerprint density at radius 2 is 1.66 bits per heavy atom. The SMILES string of the molecule is C/C=C/COc1cc(C)c(OCc2ccc(/C(=N\OC)C(F)(F)F)c(F)c2)c(C)c1.CC. The van der Waals surface area contributed by atoms with Crippen molar-refractivity contribution in [1.82, 2.24) is 0 Å². The van der Waals surface area contributed by atoms with E-state index in [4.69, 9.17) is 9.47 Å². The van der Waals surface area contributed by atoms with Crippen molar-refractivity contribution < 1.29 is 31.9 Å². The van der Waals surface area contributed by atoms with E-state index in [2.05, 4.69) is 9.99 Å². The van der Waals surface area contributed by atoms with Crippen LogP contribution in [0, 0.1) is 19.7 Å². The first kappa shape index (κ1) is 27.0. The molecule has 2 aromatic rings. The number of rotatable bonds is 8. The highest BCUT2D eigenvalue weighted by atomic mass is 19.4. The second-order valence-electron chi connectivity index (χ2n) is 6.49. The molecule has 0 amide bonds. The number of oxime groups is 1. The van der Waals surface area contributed by atoms with Crippen molar-refractivity contribution in [2.45, 2.75) is 47.4 Å². The van der Waals surface area contributed by atoms with Gasteiger partial charge in [0.2, 0.25) is 0 Å². The molecule has 0 unspecified atom stereocenters. The highest BCUT2D eigenvalue weighted by Crippen LogP contribution is 2.30. The van der Waals surface area contributed by atoms with Gasteiger partial charge in [0.25, 0.3) is 0 Å². The summed E-state index contributed by atoms with van der Waals surface area (Å²) in [7, 11) is 0.966. The van der Waals surface area contributed by atoms with Crippen molar-refractivity contribution in [3.8, 4) is 11.5 Å². The molecule has 4 nitrogen and oxygen atoms in total. The minimum atomic E-state index is -4.85. The standard InChI is InChI=1S/C22H23F4NO3.C2H6/c1-5-6-9-29-17-10-14(2)20(15(3)11-17)30-13-16-7-8-18(19(23)12-16)21(27-28-4)22(24,25)26;1-2/h5-8,10-12H,9,13H2,1-4H3;1-2H3/b6-5+,27-21+;. The number of allylic oxidation sites excluding steroid dienone is 1. The molecule has 0 radical (unpaired) electrons. The van der Waals surface area contributed by atoms with Gasteiger partial charge in [0, 0.05) is 5.56 Å². The molecule has 2 rings (SSSR count). The van der Waals surface area contributed by atoms with Gasteiger partial charge in [-0.3, -0.25) is 0 Å². The topological polar surface area (TPSA) is 40.0 Å². The van der Waals surface area contributed by atoms with Gasteiger partial charge in [-0.15, -0.1) is 0 Å². The molecule has 2 aromatic carbocycles. The van der Waals surface area contributed by atoms with E-state index in [-0.39, 0.29) is 6.61 Å². The van der Waals surface area contributed by atoms with Crippen molar-refractivity contribution in [1.29, 1.82) is 0 Å². The van der Waals surface area contributed by atoms with Gasteiger partial charge in [-0.25, -0.2) is 4.39 Å². The molecule has 0 heterocycles. The van der Waals surface area contributed by atoms with Crippen LogP contribution in [-0.4, -0.2) is 25.6 Å². The largest absolute Gasteiger partial charge is 0.490 e. The van der Waals surface area contributed by atoms with Crippen LogP contribution in [0.5, 0.6) is 11.5 Å². The highest BCUT2D eigenvalue weighted by molar-refractivity contribution is 6.04. The molecular weight excluding hydrogens is 426 g/mol. The molecule has 0 bridgehead atoms. The van der Waals surface area contributed by atoms with Crippen LogP contribution in [0.1, 0.15) is 43.0 Å². The Bertz CT molecular complexity index is 914. The van der Waals surface area contributed by atoms with E-state index in [1.807, 2.05) is 58.9 Å². The van der Waals surface area contributed by atoms with Gasteiger partial charge >= 0.3 is 6.18 Å². The van der Waals surface area contributed by atoms with E-state index in [1.54, 1.807) is 0 Å². The maximum Gasteiger partial charge on any atom is 0.437 e. The number of nitrogens with zero attached hydrogens (tertiary/aromatic N) is 1. The van der Waals surface area contributed by atoms with Crippen molar-refractivity contribution in [3.05, 3.63) is 70.6 Å². The number of ether oxygens (including phenoxy) is 2. The van der Waals surface area contributed by atoms with Crippen LogP contribution in [0.2, 0.25) is 0 Å². The molecule has 0 aliphatic rings. The second-order valence-corrected chi connectivity index (χ2v) is 6.49. The summed E-state index contributed by atoms with van der Waals surface area (Å²) in [5.41, 5.74) is -0.0935. The van der Waals surface area contributed by atoms with Crippen molar-refractivity contribution in [2.75, 3.05) is 13.7 Å². The fourth-order valence-corrected chi connectivity index (χ4v) is 2.80. The Morgan fingerprint density at radius 3 is 2.16 bits per heavy atom. The van der Waals surface area contributed by atoms with Crippen LogP contribution < -0.4 is 9.47 Å². The monoisotopic (exact) mass is 455 g/mol. The van der Waals surface area contributed by atoms with Gasteiger partial charge in [0.1, 0.15) is 37.6 Å². The molecule has 0 spiro atoms. The molecule has 0 saturated heterocycles. The third-order valence-electron chi connectivity index (χ3n) is 4.14. The van der Waals surface area contributed by atoms with E-state index < -0.39 is 23.3 Å². The number of halogens is 4. The fourth-order valence-electron chi connectivity index (χ4n) is 2.80. The smallest absolute Gasteiger partial charge is 0.437 e. The molecule has 32 heavy (non-hydrogen) atoms. The van der Waals surface area contributed by atoms with Gasteiger partial charge in [-0.05, 0) is 61.7 Å². The predicted molar refractivity (Wildman–Crippen MR) is 118 cm³/mol. The minimum Gasteiger partial charge on any atom is -0.490 e. The molecule has 0 aliphatic heterocycles. The average Bonchev–Trinajstić information content (AvgIpc) is 2.73. The lowest BCUT2D eigenvalue weighted by atomic mass is 10.1. The van der Waals surface area contributed by atoms with E-state index in [9.17, 15) is 17.6 Å². The van der Waals surface area contributed by atoms with Gasteiger partial charge < -0.3 is 14.3 Å². The number of hydrogen-bond acceptors (Lipinski definition) is 4. The maximum atomic E-state index is 14.3. The van der Waals surface area contributed by atoms with Crippen molar-refractivity contribution >= 4 is 5.71 Å². The average molecular weight is 455 g/mol. The molecule has 0 atom stereocenters. The fraction of sp³-hybridized carbons (Fsp3) is 0.375. The lowest BCUT2D eigenvalue weighted by molar-refractivity contribution is -0.0609. The zero-order valence-corrected chi connectivity index (χ0v) is 19.1. The number of hydrogen-bond donors (Lipinski definition) is 0. The summed E-state index contributed by atoms with van der Waals surface area (Å²) in [5.74, 6) is 0.239. The summed E-state index contributed by atoms with van der Waals surface area (Å²) in [4.78, 5) is 4.20. The first-order chi connectivity index (χ1) is 15.2. The number of aryl methyl sites for hydroxylation is 2. The van der Waals surface area contributed by atoms with Crippen LogP contribution >= 0.6 is 0 Å². The predicted octanol–water partition coefficient (Wildman–Crippen LogP) is 6.92.